The van der Waals surface area contributed by atoms with Crippen LogP contribution in [0.25, 0.3) is 11.0 Å². The fourth-order valence-corrected chi connectivity index (χ4v) is 4.03. The smallest absolute Gasteiger partial charge is 0.287 e. The highest BCUT2D eigenvalue weighted by atomic mass is 32.1. The molecule has 130 valence electrons. The number of fused-ring (bicyclic) bond motifs is 1. The first kappa shape index (κ1) is 16.2. The molecule has 1 fully saturated rings. The van der Waals surface area contributed by atoms with Gasteiger partial charge in [0.2, 0.25) is 0 Å². The number of benzene rings is 1. The Bertz CT molecular complexity index is 897. The van der Waals surface area contributed by atoms with Crippen LogP contribution in [0.4, 0.5) is 0 Å². The minimum absolute atomic E-state index is 0.172. The van der Waals surface area contributed by atoms with E-state index in [-0.39, 0.29) is 24.1 Å². The molecular weight excluding hydrogens is 338 g/mol. The maximum absolute atomic E-state index is 12.5. The van der Waals surface area contributed by atoms with Crippen LogP contribution in [0.3, 0.4) is 0 Å². The predicted molar refractivity (Wildman–Crippen MR) is 96.0 cm³/mol. The van der Waals surface area contributed by atoms with Crippen molar-refractivity contribution in [3.8, 4) is 5.75 Å². The zero-order chi connectivity index (χ0) is 17.4. The van der Waals surface area contributed by atoms with E-state index in [0.29, 0.717) is 11.3 Å². The molecule has 5 nitrogen and oxygen atoms in total. The third-order valence-corrected chi connectivity index (χ3v) is 5.71. The highest BCUT2D eigenvalue weighted by molar-refractivity contribution is 7.10. The van der Waals surface area contributed by atoms with Gasteiger partial charge in [0.05, 0.1) is 13.7 Å². The lowest BCUT2D eigenvalue weighted by atomic mass is 9.95. The van der Waals surface area contributed by atoms with Gasteiger partial charge in [-0.2, -0.15) is 0 Å². The maximum atomic E-state index is 12.5. The summed E-state index contributed by atoms with van der Waals surface area (Å²) < 4.78 is 10.9. The van der Waals surface area contributed by atoms with E-state index in [1.807, 2.05) is 29.6 Å². The number of carbonyl (C=O) groups excluding carboxylic acids is 1. The molecular formula is C19H19NO4S. The van der Waals surface area contributed by atoms with Crippen molar-refractivity contribution >= 4 is 28.2 Å². The quantitative estimate of drug-likeness (QED) is 0.708. The molecule has 1 aromatic carbocycles. The Morgan fingerprint density at radius 2 is 2.24 bits per heavy atom. The Kier molecular flexibility index (Phi) is 4.01. The van der Waals surface area contributed by atoms with Crippen molar-refractivity contribution in [2.75, 3.05) is 13.7 Å². The van der Waals surface area contributed by atoms with Crippen LogP contribution < -0.4 is 10.1 Å². The Morgan fingerprint density at radius 3 is 2.92 bits per heavy atom. The number of carbonyl (C=O) groups is 1. The fourth-order valence-electron chi connectivity index (χ4n) is 3.13. The average molecular weight is 357 g/mol. The van der Waals surface area contributed by atoms with E-state index in [1.54, 1.807) is 19.2 Å². The Hall–Kier alpha value is -2.31. The number of rotatable bonds is 6. The second-order valence-corrected chi connectivity index (χ2v) is 7.30. The van der Waals surface area contributed by atoms with Gasteiger partial charge in [-0.25, -0.2) is 0 Å². The number of aliphatic hydroxyl groups is 1. The van der Waals surface area contributed by atoms with Gasteiger partial charge in [0.1, 0.15) is 5.60 Å². The van der Waals surface area contributed by atoms with Gasteiger partial charge in [0.25, 0.3) is 5.91 Å². The number of nitrogens with one attached hydrogen (secondary N) is 1. The molecule has 1 amide bonds. The molecule has 1 atom stereocenters. The lowest BCUT2D eigenvalue weighted by Gasteiger charge is -2.27. The first-order valence-electron chi connectivity index (χ1n) is 8.23. The number of para-hydroxylation sites is 1. The molecule has 4 rings (SSSR count). The normalized spacial score (nSPS) is 16.6. The zero-order valence-electron chi connectivity index (χ0n) is 13.8. The van der Waals surface area contributed by atoms with Gasteiger partial charge in [-0.05, 0) is 42.3 Å². The van der Waals surface area contributed by atoms with Gasteiger partial charge in [-0.3, -0.25) is 4.79 Å². The van der Waals surface area contributed by atoms with E-state index in [2.05, 4.69) is 5.32 Å². The van der Waals surface area contributed by atoms with Crippen molar-refractivity contribution in [2.45, 2.75) is 18.4 Å². The van der Waals surface area contributed by atoms with Gasteiger partial charge >= 0.3 is 0 Å². The summed E-state index contributed by atoms with van der Waals surface area (Å²) in [5.41, 5.74) is -0.459. The van der Waals surface area contributed by atoms with Gasteiger partial charge in [-0.1, -0.05) is 18.2 Å². The molecule has 0 radical (unpaired) electrons. The van der Waals surface area contributed by atoms with Crippen LogP contribution >= 0.6 is 11.3 Å². The van der Waals surface area contributed by atoms with Crippen molar-refractivity contribution in [1.29, 1.82) is 0 Å². The molecule has 2 heterocycles. The fraction of sp³-hybridized carbons (Fsp3) is 0.316. The number of methoxy groups -OCH3 is 1. The summed E-state index contributed by atoms with van der Waals surface area (Å²) in [6, 6.07) is 11.0. The van der Waals surface area contributed by atoms with Crippen molar-refractivity contribution in [3.63, 3.8) is 0 Å². The molecule has 0 aliphatic heterocycles. The number of hydrogen-bond acceptors (Lipinski definition) is 5. The lowest BCUT2D eigenvalue weighted by molar-refractivity contribution is 0.0166. The summed E-state index contributed by atoms with van der Waals surface area (Å²) in [5, 5.41) is 16.7. The van der Waals surface area contributed by atoms with Crippen LogP contribution in [0, 0.1) is 5.92 Å². The molecule has 1 aliphatic carbocycles. The van der Waals surface area contributed by atoms with Crippen LogP contribution in [0.5, 0.6) is 5.75 Å². The highest BCUT2D eigenvalue weighted by Gasteiger charge is 2.46. The maximum Gasteiger partial charge on any atom is 0.287 e. The average Bonchev–Trinajstić information content (AvgIpc) is 3.17. The largest absolute Gasteiger partial charge is 0.493 e. The second-order valence-electron chi connectivity index (χ2n) is 6.35. The minimum atomic E-state index is -1.01. The van der Waals surface area contributed by atoms with Crippen molar-refractivity contribution in [2.24, 2.45) is 5.92 Å². The molecule has 1 aliphatic rings. The van der Waals surface area contributed by atoms with E-state index in [1.165, 1.54) is 11.3 Å². The van der Waals surface area contributed by atoms with E-state index < -0.39 is 5.60 Å². The van der Waals surface area contributed by atoms with Crippen molar-refractivity contribution < 1.29 is 19.1 Å². The van der Waals surface area contributed by atoms with Gasteiger partial charge in [0.15, 0.2) is 17.1 Å². The van der Waals surface area contributed by atoms with Gasteiger partial charge < -0.3 is 19.6 Å². The molecule has 0 spiro atoms. The van der Waals surface area contributed by atoms with Crippen LogP contribution in [-0.2, 0) is 5.60 Å². The summed E-state index contributed by atoms with van der Waals surface area (Å²) in [5.74, 6) is 0.657. The molecule has 25 heavy (non-hydrogen) atoms. The third kappa shape index (κ3) is 2.92. The zero-order valence-corrected chi connectivity index (χ0v) is 14.6. The second kappa shape index (κ2) is 6.20. The molecule has 1 saturated carbocycles. The number of thiophene rings is 1. The first-order valence-corrected chi connectivity index (χ1v) is 9.11. The van der Waals surface area contributed by atoms with E-state index in [4.69, 9.17) is 9.15 Å². The monoisotopic (exact) mass is 357 g/mol. The topological polar surface area (TPSA) is 71.7 Å². The van der Waals surface area contributed by atoms with Gasteiger partial charge in [-0.15, -0.1) is 11.3 Å². The minimum Gasteiger partial charge on any atom is -0.493 e. The van der Waals surface area contributed by atoms with Gasteiger partial charge in [0, 0.05) is 10.3 Å². The molecule has 0 unspecified atom stereocenters. The standard InChI is InChI=1S/C19H19NO4S/c1-23-14-5-2-4-12-10-15(24-17(12)14)18(21)20-11-19(22,13-7-8-13)16-6-3-9-25-16/h2-6,9-10,13,22H,7-8,11H2,1H3,(H,20,21)/t19-/m1/s1. The number of furan rings is 1. The first-order chi connectivity index (χ1) is 12.1. The summed E-state index contributed by atoms with van der Waals surface area (Å²) >= 11 is 1.51. The van der Waals surface area contributed by atoms with Crippen LogP contribution in [0.2, 0.25) is 0 Å². The molecule has 0 saturated heterocycles. The Labute approximate surface area is 149 Å². The lowest BCUT2D eigenvalue weighted by Crippen LogP contribution is -2.41. The number of ether oxygens (including phenoxy) is 1. The molecule has 2 N–H and O–H groups in total. The molecule has 2 aromatic heterocycles. The van der Waals surface area contributed by atoms with E-state index >= 15 is 0 Å². The summed E-state index contributed by atoms with van der Waals surface area (Å²) in [4.78, 5) is 13.4. The van der Waals surface area contributed by atoms with Crippen LogP contribution in [-0.4, -0.2) is 24.7 Å². The van der Waals surface area contributed by atoms with Crippen molar-refractivity contribution in [3.05, 3.63) is 52.4 Å². The van der Waals surface area contributed by atoms with Crippen molar-refractivity contribution in [1.82, 2.24) is 5.32 Å². The molecule has 0 bridgehead atoms. The SMILES string of the molecule is COc1cccc2cc(C(=O)NC[C@](O)(c3cccs3)C3CC3)oc12. The number of amides is 1. The Balaban J connectivity index is 1.54. The third-order valence-electron chi connectivity index (χ3n) is 4.67. The molecule has 6 heteroatoms. The van der Waals surface area contributed by atoms with Crippen LogP contribution in [0.15, 0.2) is 46.2 Å². The summed E-state index contributed by atoms with van der Waals surface area (Å²) in [6.45, 7) is 0.172. The highest BCUT2D eigenvalue weighted by Crippen LogP contribution is 2.46. The summed E-state index contributed by atoms with van der Waals surface area (Å²) in [6.07, 6.45) is 1.96. The Morgan fingerprint density at radius 1 is 1.40 bits per heavy atom. The van der Waals surface area contributed by atoms with Crippen LogP contribution in [0.1, 0.15) is 28.3 Å². The van der Waals surface area contributed by atoms with E-state index in [0.717, 1.165) is 23.1 Å². The number of hydrogen-bond donors (Lipinski definition) is 2. The molecule has 3 aromatic rings. The summed E-state index contributed by atoms with van der Waals surface area (Å²) in [7, 11) is 1.56. The predicted octanol–water partition coefficient (Wildman–Crippen LogP) is 3.53. The van der Waals surface area contributed by atoms with E-state index in [9.17, 15) is 9.90 Å².